The smallest absolute Gasteiger partial charge is 0.338 e. The molecule has 1 N–H and O–H groups in total. The minimum absolute atomic E-state index is 0.138. The van der Waals surface area contributed by atoms with Crippen molar-refractivity contribution in [2.75, 3.05) is 13.4 Å². The predicted molar refractivity (Wildman–Crippen MR) is 92.9 cm³/mol. The highest BCUT2D eigenvalue weighted by Gasteiger charge is 2.39. The molecule has 8 heteroatoms. The lowest BCUT2D eigenvalue weighted by Crippen LogP contribution is -2.50. The van der Waals surface area contributed by atoms with E-state index in [1.165, 1.54) is 11.8 Å². The number of esters is 1. The van der Waals surface area contributed by atoms with Crippen LogP contribution in [0.3, 0.4) is 0 Å². The summed E-state index contributed by atoms with van der Waals surface area (Å²) in [6, 6.07) is 4.59. The summed E-state index contributed by atoms with van der Waals surface area (Å²) in [6.07, 6.45) is 0. The van der Waals surface area contributed by atoms with Gasteiger partial charge in [-0.3, -0.25) is 9.69 Å². The Bertz CT molecular complexity index is 789. The van der Waals surface area contributed by atoms with Crippen LogP contribution in [-0.4, -0.2) is 35.3 Å². The van der Waals surface area contributed by atoms with E-state index in [9.17, 15) is 9.59 Å². The van der Waals surface area contributed by atoms with Gasteiger partial charge in [-0.15, -0.1) is 0 Å². The molecule has 0 spiro atoms. The van der Waals surface area contributed by atoms with E-state index in [4.69, 9.17) is 26.4 Å². The normalized spacial score (nSPS) is 18.9. The molecule has 132 valence electrons. The van der Waals surface area contributed by atoms with Crippen molar-refractivity contribution in [1.29, 1.82) is 0 Å². The molecule has 0 aliphatic carbocycles. The first-order valence-corrected chi connectivity index (χ1v) is 8.23. The fourth-order valence-electron chi connectivity index (χ4n) is 2.94. The third-order valence-corrected chi connectivity index (χ3v) is 4.29. The van der Waals surface area contributed by atoms with Crippen LogP contribution in [0.2, 0.25) is 0 Å². The van der Waals surface area contributed by atoms with Crippen LogP contribution in [0.15, 0.2) is 29.5 Å². The van der Waals surface area contributed by atoms with Crippen molar-refractivity contribution < 1.29 is 23.8 Å². The van der Waals surface area contributed by atoms with Crippen molar-refractivity contribution in [2.45, 2.75) is 26.8 Å². The molecule has 0 fully saturated rings. The second kappa shape index (κ2) is 6.72. The summed E-state index contributed by atoms with van der Waals surface area (Å²) < 4.78 is 15.9. The average Bonchev–Trinajstić information content (AvgIpc) is 3.01. The third kappa shape index (κ3) is 3.05. The van der Waals surface area contributed by atoms with E-state index in [1.54, 1.807) is 32.0 Å². The van der Waals surface area contributed by atoms with E-state index in [0.717, 1.165) is 0 Å². The minimum atomic E-state index is -0.695. The second-order valence-corrected chi connectivity index (χ2v) is 5.98. The fraction of sp³-hybridized carbons (Fsp3) is 0.353. The number of benzene rings is 1. The van der Waals surface area contributed by atoms with Crippen molar-refractivity contribution >= 4 is 29.2 Å². The van der Waals surface area contributed by atoms with E-state index in [1.807, 2.05) is 0 Å². The van der Waals surface area contributed by atoms with E-state index in [2.05, 4.69) is 5.32 Å². The van der Waals surface area contributed by atoms with Gasteiger partial charge >= 0.3 is 5.97 Å². The SMILES string of the molecule is CCOC(=O)C1=C(C)NC(=S)N(C(C)=O)C1c1ccc2c(c1)OCO2. The largest absolute Gasteiger partial charge is 0.463 e. The number of fused-ring (bicyclic) bond motifs is 1. The molecule has 1 aromatic carbocycles. The van der Waals surface area contributed by atoms with Gasteiger partial charge in [0, 0.05) is 12.6 Å². The van der Waals surface area contributed by atoms with E-state index in [0.29, 0.717) is 28.3 Å². The lowest BCUT2D eigenvalue weighted by molar-refractivity contribution is -0.139. The minimum Gasteiger partial charge on any atom is -0.463 e. The van der Waals surface area contributed by atoms with Crippen molar-refractivity contribution in [3.05, 3.63) is 35.0 Å². The molecule has 1 aromatic rings. The molecule has 1 unspecified atom stereocenters. The molecule has 2 aliphatic heterocycles. The molecule has 0 saturated heterocycles. The molecule has 0 saturated carbocycles. The zero-order chi connectivity index (χ0) is 18.1. The lowest BCUT2D eigenvalue weighted by Gasteiger charge is -2.37. The summed E-state index contributed by atoms with van der Waals surface area (Å²) in [7, 11) is 0. The fourth-order valence-corrected chi connectivity index (χ4v) is 3.32. The summed E-state index contributed by atoms with van der Waals surface area (Å²) in [5.74, 6) is 0.401. The lowest BCUT2D eigenvalue weighted by atomic mass is 9.93. The molecular weight excluding hydrogens is 344 g/mol. The Balaban J connectivity index is 2.14. The summed E-state index contributed by atoms with van der Waals surface area (Å²) in [6.45, 7) is 5.23. The van der Waals surface area contributed by atoms with E-state index < -0.39 is 12.0 Å². The monoisotopic (exact) mass is 362 g/mol. The third-order valence-electron chi connectivity index (χ3n) is 4.00. The van der Waals surface area contributed by atoms with Crippen LogP contribution >= 0.6 is 12.2 Å². The molecule has 0 aromatic heterocycles. The molecule has 7 nitrogen and oxygen atoms in total. The number of amides is 1. The second-order valence-electron chi connectivity index (χ2n) is 5.59. The first-order valence-electron chi connectivity index (χ1n) is 7.82. The Morgan fingerprint density at radius 3 is 2.76 bits per heavy atom. The average molecular weight is 362 g/mol. The predicted octanol–water partition coefficient (Wildman–Crippen LogP) is 2.03. The van der Waals surface area contributed by atoms with Crippen LogP contribution in [0.1, 0.15) is 32.4 Å². The standard InChI is InChI=1S/C17H18N2O5S/c1-4-22-16(21)14-9(2)18-17(25)19(10(3)20)15(14)11-5-6-12-13(7-11)24-8-23-12/h5-7,15H,4,8H2,1-3H3,(H,18,25). The summed E-state index contributed by atoms with van der Waals surface area (Å²) >= 11 is 5.31. The number of carbonyl (C=O) groups excluding carboxylic acids is 2. The Hall–Kier alpha value is -2.61. The van der Waals surface area contributed by atoms with Gasteiger partial charge in [-0.1, -0.05) is 6.07 Å². The number of nitrogens with zero attached hydrogens (tertiary/aromatic N) is 1. The highest BCUT2D eigenvalue weighted by molar-refractivity contribution is 7.80. The first kappa shape index (κ1) is 17.2. The molecule has 1 atom stereocenters. The number of thiocarbonyl (C=S) groups is 1. The Kier molecular flexibility index (Phi) is 4.63. The highest BCUT2D eigenvalue weighted by atomic mass is 32.1. The van der Waals surface area contributed by atoms with Gasteiger partial charge in [-0.05, 0) is 43.8 Å². The van der Waals surface area contributed by atoms with Crippen LogP contribution < -0.4 is 14.8 Å². The molecule has 1 amide bonds. The van der Waals surface area contributed by atoms with Gasteiger partial charge in [0.05, 0.1) is 18.2 Å². The molecule has 2 aliphatic rings. The summed E-state index contributed by atoms with van der Waals surface area (Å²) in [5, 5.41) is 3.15. The van der Waals surface area contributed by atoms with Gasteiger partial charge in [0.15, 0.2) is 16.6 Å². The summed E-state index contributed by atoms with van der Waals surface area (Å²) in [4.78, 5) is 26.1. The molecule has 3 rings (SSSR count). The van der Waals surface area contributed by atoms with Gasteiger partial charge in [0.2, 0.25) is 12.7 Å². The summed E-state index contributed by atoms with van der Waals surface area (Å²) in [5.41, 5.74) is 1.58. The quantitative estimate of drug-likeness (QED) is 0.651. The first-order chi connectivity index (χ1) is 11.9. The molecule has 0 radical (unpaired) electrons. The van der Waals surface area contributed by atoms with Crippen molar-refractivity contribution in [1.82, 2.24) is 10.2 Å². The molecular formula is C17H18N2O5S. The van der Waals surface area contributed by atoms with Crippen molar-refractivity contribution in [2.24, 2.45) is 0 Å². The number of nitrogens with one attached hydrogen (secondary N) is 1. The number of allylic oxidation sites excluding steroid dienone is 1. The van der Waals surface area contributed by atoms with Crippen LogP contribution in [-0.2, 0) is 14.3 Å². The number of hydrogen-bond acceptors (Lipinski definition) is 6. The van der Waals surface area contributed by atoms with Gasteiger partial charge in [0.1, 0.15) is 0 Å². The number of carbonyl (C=O) groups is 2. The van der Waals surface area contributed by atoms with Crippen LogP contribution in [0.4, 0.5) is 0 Å². The highest BCUT2D eigenvalue weighted by Crippen LogP contribution is 2.40. The maximum absolute atomic E-state index is 12.5. The van der Waals surface area contributed by atoms with Crippen molar-refractivity contribution in [3.63, 3.8) is 0 Å². The van der Waals surface area contributed by atoms with Crippen LogP contribution in [0.5, 0.6) is 11.5 Å². The van der Waals surface area contributed by atoms with Crippen molar-refractivity contribution in [3.8, 4) is 11.5 Å². The molecule has 2 heterocycles. The zero-order valence-corrected chi connectivity index (χ0v) is 14.9. The molecule has 0 bridgehead atoms. The topological polar surface area (TPSA) is 77.1 Å². The Labute approximate surface area is 150 Å². The van der Waals surface area contributed by atoms with Crippen LogP contribution in [0, 0.1) is 0 Å². The maximum atomic E-state index is 12.5. The number of hydrogen-bond donors (Lipinski definition) is 1. The number of rotatable bonds is 3. The van der Waals surface area contributed by atoms with Gasteiger partial charge in [-0.25, -0.2) is 4.79 Å². The van der Waals surface area contributed by atoms with Gasteiger partial charge in [0.25, 0.3) is 0 Å². The van der Waals surface area contributed by atoms with Gasteiger partial charge in [-0.2, -0.15) is 0 Å². The number of ether oxygens (including phenoxy) is 3. The maximum Gasteiger partial charge on any atom is 0.338 e. The van der Waals surface area contributed by atoms with Gasteiger partial charge < -0.3 is 19.5 Å². The van der Waals surface area contributed by atoms with E-state index in [-0.39, 0.29) is 24.4 Å². The Morgan fingerprint density at radius 2 is 2.08 bits per heavy atom. The van der Waals surface area contributed by atoms with Crippen LogP contribution in [0.25, 0.3) is 0 Å². The van der Waals surface area contributed by atoms with E-state index >= 15 is 0 Å². The molecule has 25 heavy (non-hydrogen) atoms. The Morgan fingerprint density at radius 1 is 1.36 bits per heavy atom. The zero-order valence-electron chi connectivity index (χ0n) is 14.1.